The lowest BCUT2D eigenvalue weighted by Crippen LogP contribution is -2.23. The Morgan fingerprint density at radius 1 is 1.19 bits per heavy atom. The second kappa shape index (κ2) is 11.9. The SMILES string of the molecule is CN(c1ccc(C(CCc2ccc(C(F)(F)F)nc2C=CC2CCCCC2)C(N)=O)cc1F)[SH](=O)=O. The van der Waals surface area contributed by atoms with E-state index in [0.717, 1.165) is 48.5 Å². The van der Waals surface area contributed by atoms with Gasteiger partial charge in [-0.25, -0.2) is 17.8 Å². The van der Waals surface area contributed by atoms with Gasteiger partial charge in [-0.15, -0.1) is 0 Å². The number of benzene rings is 1. The van der Waals surface area contributed by atoms with Gasteiger partial charge in [0.2, 0.25) is 16.8 Å². The van der Waals surface area contributed by atoms with Crippen LogP contribution in [-0.2, 0) is 28.3 Å². The highest BCUT2D eigenvalue weighted by Gasteiger charge is 2.33. The van der Waals surface area contributed by atoms with Crippen molar-refractivity contribution < 1.29 is 30.8 Å². The number of anilines is 1. The number of alkyl halides is 3. The number of hydrogen-bond acceptors (Lipinski definition) is 4. The summed E-state index contributed by atoms with van der Waals surface area (Å²) in [4.78, 5) is 16.0. The standard InChI is InChI=1S/C25H29F4N3O3S/c1-32(36(34)35)22-13-9-18(15-20(22)26)19(24(30)33)11-8-17-10-14-23(25(27,28)29)31-21(17)12-7-16-5-3-2-4-6-16/h7,9-10,12-16,19,36H,2-6,8,11H2,1H3,(H2,30,33). The Hall–Kier alpha value is -2.95. The fourth-order valence-electron chi connectivity index (χ4n) is 4.43. The van der Waals surface area contributed by atoms with Crippen molar-refractivity contribution in [2.75, 3.05) is 11.4 Å². The van der Waals surface area contributed by atoms with Crippen LogP contribution < -0.4 is 10.0 Å². The van der Waals surface area contributed by atoms with E-state index in [9.17, 15) is 30.8 Å². The number of aromatic nitrogens is 1. The number of halogens is 4. The maximum Gasteiger partial charge on any atom is 0.433 e. The number of thiol groups is 1. The minimum atomic E-state index is -4.59. The zero-order valence-corrected chi connectivity index (χ0v) is 20.7. The molecule has 1 amide bonds. The van der Waals surface area contributed by atoms with E-state index in [1.807, 2.05) is 6.08 Å². The number of primary amides is 1. The Balaban J connectivity index is 1.86. The summed E-state index contributed by atoms with van der Waals surface area (Å²) in [6, 6.07) is 5.95. The number of nitrogens with zero attached hydrogens (tertiary/aromatic N) is 2. The smallest absolute Gasteiger partial charge is 0.369 e. The molecule has 1 saturated carbocycles. The Bertz CT molecular complexity index is 1180. The molecular weight excluding hydrogens is 498 g/mol. The van der Waals surface area contributed by atoms with E-state index >= 15 is 0 Å². The number of aryl methyl sites for hydroxylation is 1. The molecule has 1 heterocycles. The molecular formula is C25H29F4N3O3S. The van der Waals surface area contributed by atoms with Gasteiger partial charge in [-0.3, -0.25) is 9.10 Å². The minimum Gasteiger partial charge on any atom is -0.369 e. The van der Waals surface area contributed by atoms with Crippen molar-refractivity contribution in [1.82, 2.24) is 4.98 Å². The van der Waals surface area contributed by atoms with Crippen molar-refractivity contribution in [2.45, 2.75) is 57.0 Å². The first-order valence-corrected chi connectivity index (χ1v) is 12.8. The van der Waals surface area contributed by atoms with Crippen LogP contribution in [0.5, 0.6) is 0 Å². The largest absolute Gasteiger partial charge is 0.433 e. The van der Waals surface area contributed by atoms with Crippen molar-refractivity contribution in [2.24, 2.45) is 11.7 Å². The zero-order valence-electron chi connectivity index (χ0n) is 19.8. The van der Waals surface area contributed by atoms with Crippen LogP contribution in [0, 0.1) is 11.7 Å². The second-order valence-corrected chi connectivity index (χ2v) is 10.0. The van der Waals surface area contributed by atoms with Crippen LogP contribution in [0.3, 0.4) is 0 Å². The summed E-state index contributed by atoms with van der Waals surface area (Å²) in [6.07, 6.45) is 4.48. The lowest BCUT2D eigenvalue weighted by atomic mass is 9.88. The highest BCUT2D eigenvalue weighted by molar-refractivity contribution is 7.74. The molecule has 196 valence electrons. The van der Waals surface area contributed by atoms with E-state index in [0.29, 0.717) is 5.56 Å². The monoisotopic (exact) mass is 527 g/mol. The van der Waals surface area contributed by atoms with Gasteiger partial charge in [0.1, 0.15) is 11.5 Å². The van der Waals surface area contributed by atoms with Crippen LogP contribution in [0.2, 0.25) is 0 Å². The molecule has 0 saturated heterocycles. The summed E-state index contributed by atoms with van der Waals surface area (Å²) in [5.41, 5.74) is 5.32. The van der Waals surface area contributed by atoms with Crippen LogP contribution in [0.25, 0.3) is 6.08 Å². The number of pyridine rings is 1. The molecule has 1 atom stereocenters. The van der Waals surface area contributed by atoms with E-state index in [4.69, 9.17) is 5.73 Å². The van der Waals surface area contributed by atoms with Crippen LogP contribution in [0.15, 0.2) is 36.4 Å². The van der Waals surface area contributed by atoms with E-state index in [1.165, 1.54) is 25.2 Å². The molecule has 0 radical (unpaired) electrons. The molecule has 1 aliphatic rings. The molecule has 1 aliphatic carbocycles. The third-order valence-corrected chi connectivity index (χ3v) is 7.20. The highest BCUT2D eigenvalue weighted by atomic mass is 32.2. The summed E-state index contributed by atoms with van der Waals surface area (Å²) >= 11 is 0. The molecule has 1 aromatic heterocycles. The molecule has 1 aromatic carbocycles. The topological polar surface area (TPSA) is 93.4 Å². The average molecular weight is 528 g/mol. The van der Waals surface area contributed by atoms with Gasteiger partial charge in [0.15, 0.2) is 0 Å². The maximum absolute atomic E-state index is 14.6. The number of hydrogen-bond donors (Lipinski definition) is 2. The molecule has 3 rings (SSSR count). The first kappa shape index (κ1) is 27.6. The minimum absolute atomic E-state index is 0.108. The van der Waals surface area contributed by atoms with E-state index in [1.54, 1.807) is 6.08 Å². The first-order valence-electron chi connectivity index (χ1n) is 11.7. The summed E-state index contributed by atoms with van der Waals surface area (Å²) in [5.74, 6) is -2.22. The molecule has 11 heteroatoms. The van der Waals surface area contributed by atoms with Gasteiger partial charge in [0.25, 0.3) is 0 Å². The number of nitrogens with two attached hydrogens (primary N) is 1. The van der Waals surface area contributed by atoms with Crippen LogP contribution >= 0.6 is 0 Å². The molecule has 2 aromatic rings. The summed E-state index contributed by atoms with van der Waals surface area (Å²) in [7, 11) is -1.85. The Morgan fingerprint density at radius 2 is 1.89 bits per heavy atom. The quantitative estimate of drug-likeness (QED) is 0.355. The molecule has 2 N–H and O–H groups in total. The molecule has 0 aliphatic heterocycles. The highest BCUT2D eigenvalue weighted by Crippen LogP contribution is 2.32. The fourth-order valence-corrected chi connectivity index (χ4v) is 4.77. The summed E-state index contributed by atoms with van der Waals surface area (Å²) < 4.78 is 77.5. The molecule has 0 bridgehead atoms. The summed E-state index contributed by atoms with van der Waals surface area (Å²) in [6.45, 7) is 0. The maximum atomic E-state index is 14.6. The molecule has 6 nitrogen and oxygen atoms in total. The van der Waals surface area contributed by atoms with Crippen molar-refractivity contribution in [1.29, 1.82) is 0 Å². The van der Waals surface area contributed by atoms with Crippen LogP contribution in [-0.4, -0.2) is 26.4 Å². The van der Waals surface area contributed by atoms with Gasteiger partial charge in [-0.05, 0) is 67.0 Å². The van der Waals surface area contributed by atoms with Gasteiger partial charge in [-0.1, -0.05) is 37.5 Å². The van der Waals surface area contributed by atoms with Crippen molar-refractivity contribution in [3.05, 3.63) is 64.7 Å². The number of allylic oxidation sites excluding steroid dienone is 1. The van der Waals surface area contributed by atoms with Gasteiger partial charge in [-0.2, -0.15) is 13.2 Å². The van der Waals surface area contributed by atoms with Crippen molar-refractivity contribution in [3.63, 3.8) is 0 Å². The van der Waals surface area contributed by atoms with Crippen LogP contribution in [0.1, 0.15) is 67.0 Å². The van der Waals surface area contributed by atoms with Gasteiger partial charge < -0.3 is 5.73 Å². The molecule has 1 fully saturated rings. The van der Waals surface area contributed by atoms with Crippen molar-refractivity contribution in [3.8, 4) is 0 Å². The van der Waals surface area contributed by atoms with Gasteiger partial charge >= 0.3 is 6.18 Å². The molecule has 1 unspecified atom stereocenters. The van der Waals surface area contributed by atoms with Gasteiger partial charge in [0, 0.05) is 7.05 Å². The number of carbonyl (C=O) groups excluding carboxylic acids is 1. The van der Waals surface area contributed by atoms with Crippen LogP contribution in [0.4, 0.5) is 23.2 Å². The Morgan fingerprint density at radius 3 is 2.47 bits per heavy atom. The van der Waals surface area contributed by atoms with E-state index in [2.05, 4.69) is 4.98 Å². The predicted octanol–water partition coefficient (Wildman–Crippen LogP) is 5.00. The average Bonchev–Trinajstić information content (AvgIpc) is 2.82. The Labute approximate surface area is 209 Å². The zero-order chi connectivity index (χ0) is 26.5. The lowest BCUT2D eigenvalue weighted by Gasteiger charge is -2.19. The summed E-state index contributed by atoms with van der Waals surface area (Å²) in [5, 5.41) is 0. The first-order chi connectivity index (χ1) is 17.0. The number of rotatable bonds is 9. The normalized spacial score (nSPS) is 15.9. The fraction of sp³-hybridized carbons (Fsp3) is 0.440. The third kappa shape index (κ3) is 7.05. The van der Waals surface area contributed by atoms with E-state index < -0.39 is 40.4 Å². The number of carbonyl (C=O) groups is 1. The third-order valence-electron chi connectivity index (χ3n) is 6.49. The second-order valence-electron chi connectivity index (χ2n) is 8.96. The Kier molecular flexibility index (Phi) is 9.10. The van der Waals surface area contributed by atoms with Crippen molar-refractivity contribution >= 4 is 28.6 Å². The molecule has 0 spiro atoms. The lowest BCUT2D eigenvalue weighted by molar-refractivity contribution is -0.141. The predicted molar refractivity (Wildman–Crippen MR) is 130 cm³/mol. The molecule has 36 heavy (non-hydrogen) atoms. The number of amides is 1. The van der Waals surface area contributed by atoms with Gasteiger partial charge in [0.05, 0.1) is 17.3 Å². The van der Waals surface area contributed by atoms with E-state index in [-0.39, 0.29) is 35.7 Å².